The Balaban J connectivity index is 3.09. The van der Waals surface area contributed by atoms with Crippen LogP contribution in [0.4, 0.5) is 0 Å². The zero-order valence-electron chi connectivity index (χ0n) is 33.5. The van der Waals surface area contributed by atoms with E-state index in [1.54, 1.807) is 0 Å². The average molecular weight is 658 g/mol. The molecule has 0 fully saturated rings. The maximum absolute atomic E-state index is 3.58. The van der Waals surface area contributed by atoms with Crippen LogP contribution in [0.5, 0.6) is 0 Å². The fourth-order valence-corrected chi connectivity index (χ4v) is 7.36. The molecular formula is C47H93. The summed E-state index contributed by atoms with van der Waals surface area (Å²) in [6, 6.07) is 0. The molecule has 0 heterocycles. The second-order valence-corrected chi connectivity index (χ2v) is 15.7. The van der Waals surface area contributed by atoms with Crippen molar-refractivity contribution in [3.05, 3.63) is 12.2 Å². The Morgan fingerprint density at radius 2 is 0.426 bits per heavy atom. The topological polar surface area (TPSA) is 0 Å². The minimum atomic E-state index is 1.19. The van der Waals surface area contributed by atoms with E-state index in [-0.39, 0.29) is 0 Å². The summed E-state index contributed by atoms with van der Waals surface area (Å²) in [4.78, 5) is 0. The lowest BCUT2D eigenvalue weighted by molar-refractivity contribution is 0.520. The van der Waals surface area contributed by atoms with Gasteiger partial charge in [0, 0.05) is 0 Å². The van der Waals surface area contributed by atoms with Gasteiger partial charge in [-0.3, -0.25) is 0 Å². The summed E-state index contributed by atoms with van der Waals surface area (Å²) < 4.78 is 0. The molecule has 0 aliphatic rings. The van der Waals surface area contributed by atoms with E-state index < -0.39 is 0 Å². The molecule has 0 spiro atoms. The van der Waals surface area contributed by atoms with E-state index in [0.29, 0.717) is 0 Å². The maximum atomic E-state index is 3.58. The normalized spacial score (nSPS) is 11.8. The molecule has 0 aliphatic carbocycles. The molecule has 0 amide bonds. The summed E-state index contributed by atoms with van der Waals surface area (Å²) in [5.41, 5.74) is 0. The van der Waals surface area contributed by atoms with E-state index in [9.17, 15) is 0 Å². The molecule has 0 nitrogen and oxygen atoms in total. The highest BCUT2D eigenvalue weighted by molar-refractivity contribution is 4.73. The Bertz CT molecular complexity index is 532. The first-order valence-electron chi connectivity index (χ1n) is 23.0. The molecule has 0 N–H and O–H groups in total. The molecule has 0 aromatic rings. The summed E-state index contributed by atoms with van der Waals surface area (Å²) in [5, 5.41) is 0. The van der Waals surface area contributed by atoms with Crippen molar-refractivity contribution in [2.45, 2.75) is 290 Å². The zero-order valence-corrected chi connectivity index (χ0v) is 33.5. The first kappa shape index (κ1) is 46.7. The molecule has 0 saturated heterocycles. The third-order valence-electron chi connectivity index (χ3n) is 10.8. The number of hydrogen-bond donors (Lipinski definition) is 0. The standard InChI is InChI=1S/C47H93/c1-3-5-7-9-11-13-15-17-19-21-23-25-27-29-31-33-35-37-39-41-43-45-47-46-44-42-40-38-36-34-32-30-28-26-24-22-20-18-16-14-12-10-8-6-4-2/h45H,3-44,46H2,1-2H3. The van der Waals surface area contributed by atoms with Crippen LogP contribution in [0.25, 0.3) is 0 Å². The summed E-state index contributed by atoms with van der Waals surface area (Å²) >= 11 is 0. The van der Waals surface area contributed by atoms with Crippen molar-refractivity contribution in [1.29, 1.82) is 0 Å². The lowest BCUT2D eigenvalue weighted by atomic mass is 10.0. The number of hydrogen-bond acceptors (Lipinski definition) is 0. The second-order valence-electron chi connectivity index (χ2n) is 15.7. The average Bonchev–Trinajstić information content (AvgIpc) is 3.08. The molecule has 0 aromatic heterocycles. The Hall–Kier alpha value is -0.260. The van der Waals surface area contributed by atoms with Gasteiger partial charge in [-0.15, -0.1) is 0 Å². The Kier molecular flexibility index (Phi) is 45.5. The van der Waals surface area contributed by atoms with Crippen LogP contribution in [0.2, 0.25) is 0 Å². The fourth-order valence-electron chi connectivity index (χ4n) is 7.36. The van der Waals surface area contributed by atoms with Gasteiger partial charge in [-0.05, 0) is 31.8 Å². The Labute approximate surface area is 301 Å². The van der Waals surface area contributed by atoms with Crippen LogP contribution in [0.3, 0.4) is 0 Å². The summed E-state index contributed by atoms with van der Waals surface area (Å²) in [5.74, 6) is 0. The van der Waals surface area contributed by atoms with E-state index in [1.165, 1.54) is 276 Å². The van der Waals surface area contributed by atoms with Gasteiger partial charge >= 0.3 is 0 Å². The molecule has 0 aliphatic heterocycles. The molecule has 47 heavy (non-hydrogen) atoms. The summed E-state index contributed by atoms with van der Waals surface area (Å²) in [7, 11) is 0. The smallest absolute Gasteiger partial charge is 0.0279 e. The molecule has 0 aromatic carbocycles. The quantitative estimate of drug-likeness (QED) is 0.0572. The molecular weight excluding hydrogens is 565 g/mol. The van der Waals surface area contributed by atoms with Crippen LogP contribution in [0, 0.1) is 6.08 Å². The largest absolute Gasteiger partial charge is 0.0811 e. The maximum Gasteiger partial charge on any atom is -0.0279 e. The van der Waals surface area contributed by atoms with Crippen LogP contribution in [0.1, 0.15) is 290 Å². The molecule has 0 bridgehead atoms. The lowest BCUT2D eigenvalue weighted by Crippen LogP contribution is -1.84. The van der Waals surface area contributed by atoms with Gasteiger partial charge in [-0.1, -0.05) is 270 Å². The molecule has 0 heteroatoms. The number of rotatable bonds is 43. The van der Waals surface area contributed by atoms with Gasteiger partial charge in [0.15, 0.2) is 0 Å². The van der Waals surface area contributed by atoms with Crippen LogP contribution in [-0.2, 0) is 0 Å². The van der Waals surface area contributed by atoms with Crippen molar-refractivity contribution in [2.24, 2.45) is 0 Å². The minimum absolute atomic E-state index is 1.19. The molecule has 0 rings (SSSR count). The monoisotopic (exact) mass is 658 g/mol. The van der Waals surface area contributed by atoms with Crippen molar-refractivity contribution < 1.29 is 0 Å². The van der Waals surface area contributed by atoms with Crippen molar-refractivity contribution in [3.63, 3.8) is 0 Å². The van der Waals surface area contributed by atoms with Gasteiger partial charge in [0.1, 0.15) is 0 Å². The minimum Gasteiger partial charge on any atom is -0.0811 e. The van der Waals surface area contributed by atoms with Crippen LogP contribution in [-0.4, -0.2) is 0 Å². The second kappa shape index (κ2) is 45.7. The highest BCUT2D eigenvalue weighted by atomic mass is 14.0. The summed E-state index contributed by atoms with van der Waals surface area (Å²) in [6.45, 7) is 4.62. The number of allylic oxidation sites excluding steroid dienone is 2. The first-order chi connectivity index (χ1) is 23.4. The van der Waals surface area contributed by atoms with Gasteiger partial charge in [0.2, 0.25) is 0 Å². The molecule has 1 radical (unpaired) electrons. The summed E-state index contributed by atoms with van der Waals surface area (Å²) in [6.07, 6.45) is 68.4. The van der Waals surface area contributed by atoms with Gasteiger partial charge in [-0.25, -0.2) is 0 Å². The SMILES string of the molecule is CCCCCCCCCCCCCCCCCCCCCC/C=[C]\CCCCCCCCCCCCCCCCCCCCCCC. The first-order valence-corrected chi connectivity index (χ1v) is 23.0. The van der Waals surface area contributed by atoms with Gasteiger partial charge < -0.3 is 0 Å². The predicted molar refractivity (Wildman–Crippen MR) is 218 cm³/mol. The Morgan fingerprint density at radius 3 is 0.660 bits per heavy atom. The third-order valence-corrected chi connectivity index (χ3v) is 10.8. The van der Waals surface area contributed by atoms with Crippen molar-refractivity contribution >= 4 is 0 Å². The molecule has 0 saturated carbocycles. The van der Waals surface area contributed by atoms with E-state index in [4.69, 9.17) is 0 Å². The van der Waals surface area contributed by atoms with Crippen LogP contribution >= 0.6 is 0 Å². The van der Waals surface area contributed by atoms with Crippen LogP contribution in [0.15, 0.2) is 6.08 Å². The molecule has 0 atom stereocenters. The third kappa shape index (κ3) is 45.7. The zero-order chi connectivity index (χ0) is 33.8. The van der Waals surface area contributed by atoms with Crippen LogP contribution < -0.4 is 0 Å². The van der Waals surface area contributed by atoms with Gasteiger partial charge in [0.25, 0.3) is 0 Å². The van der Waals surface area contributed by atoms with Crippen molar-refractivity contribution in [3.8, 4) is 0 Å². The molecule has 281 valence electrons. The molecule has 0 unspecified atom stereocenters. The highest BCUT2D eigenvalue weighted by Gasteiger charge is 1.97. The predicted octanol–water partition coefficient (Wildman–Crippen LogP) is 18.2. The van der Waals surface area contributed by atoms with Gasteiger partial charge in [0.05, 0.1) is 0 Å². The lowest BCUT2D eigenvalue weighted by Gasteiger charge is -2.04. The van der Waals surface area contributed by atoms with E-state index in [0.717, 1.165) is 0 Å². The number of unbranched alkanes of at least 4 members (excludes halogenated alkanes) is 41. The van der Waals surface area contributed by atoms with E-state index >= 15 is 0 Å². The highest BCUT2D eigenvalue weighted by Crippen LogP contribution is 2.17. The van der Waals surface area contributed by atoms with E-state index in [1.807, 2.05) is 0 Å². The van der Waals surface area contributed by atoms with Crippen molar-refractivity contribution in [1.82, 2.24) is 0 Å². The van der Waals surface area contributed by atoms with E-state index in [2.05, 4.69) is 26.0 Å². The fraction of sp³-hybridized carbons (Fsp3) is 0.957. The van der Waals surface area contributed by atoms with Gasteiger partial charge in [-0.2, -0.15) is 0 Å². The van der Waals surface area contributed by atoms with Crippen molar-refractivity contribution in [2.75, 3.05) is 0 Å². The Morgan fingerprint density at radius 1 is 0.234 bits per heavy atom.